The number of ether oxygens (including phenoxy) is 1. The number of nitrogens with zero attached hydrogens (tertiary/aromatic N) is 3. The molecule has 2 atom stereocenters. The van der Waals surface area contributed by atoms with Gasteiger partial charge in [-0.2, -0.15) is 0 Å². The lowest BCUT2D eigenvalue weighted by Crippen LogP contribution is -2.69. The molecule has 2 unspecified atom stereocenters. The van der Waals surface area contributed by atoms with Gasteiger partial charge in [0, 0.05) is 32.1 Å². The van der Waals surface area contributed by atoms with Gasteiger partial charge < -0.3 is 24.3 Å². The first kappa shape index (κ1) is 21.6. The molecule has 1 spiro atoms. The second-order valence-electron chi connectivity index (χ2n) is 10.0. The van der Waals surface area contributed by atoms with E-state index in [1.54, 1.807) is 4.90 Å². The number of amides is 3. The molecule has 2 saturated heterocycles. The van der Waals surface area contributed by atoms with Crippen molar-refractivity contribution in [2.45, 2.75) is 76.5 Å². The smallest absolute Gasteiger partial charge is 0.407 e. The number of carbonyl (C=O) groups is 3. The van der Waals surface area contributed by atoms with Crippen LogP contribution in [0.5, 0.6) is 0 Å². The summed E-state index contributed by atoms with van der Waals surface area (Å²) in [6.45, 7) is 7.31. The molecule has 0 radical (unpaired) electrons. The topological polar surface area (TPSA) is 105 Å². The lowest BCUT2D eigenvalue weighted by atomic mass is 9.77. The number of carbonyl (C=O) groups excluding carboxylic acids is 3. The summed E-state index contributed by atoms with van der Waals surface area (Å²) in [7, 11) is 0. The number of alkyl carbamates (subject to hydrolysis) is 1. The molecule has 3 heterocycles. The van der Waals surface area contributed by atoms with Crippen LogP contribution in [0.2, 0.25) is 0 Å². The van der Waals surface area contributed by atoms with Crippen molar-refractivity contribution in [1.29, 1.82) is 0 Å². The van der Waals surface area contributed by atoms with Crippen LogP contribution in [0.15, 0.2) is 17.0 Å². The second kappa shape index (κ2) is 8.16. The molecule has 2 aliphatic heterocycles. The van der Waals surface area contributed by atoms with Gasteiger partial charge in [-0.05, 0) is 58.8 Å². The number of likely N-dealkylation sites (tertiary alicyclic amines) is 2. The van der Waals surface area contributed by atoms with Gasteiger partial charge in [0.1, 0.15) is 5.60 Å². The van der Waals surface area contributed by atoms with Crippen LogP contribution in [-0.2, 0) is 9.53 Å². The highest BCUT2D eigenvalue weighted by Gasteiger charge is 2.51. The van der Waals surface area contributed by atoms with Crippen LogP contribution in [0.4, 0.5) is 4.79 Å². The molecule has 1 aromatic heterocycles. The minimum atomic E-state index is -0.578. The lowest BCUT2D eigenvalue weighted by Gasteiger charge is -2.57. The number of oxazole rings is 1. The van der Waals surface area contributed by atoms with E-state index in [4.69, 9.17) is 9.15 Å². The summed E-state index contributed by atoms with van der Waals surface area (Å²) in [5, 5.41) is 2.91. The highest BCUT2D eigenvalue weighted by atomic mass is 16.6. The fourth-order valence-corrected chi connectivity index (χ4v) is 4.71. The molecule has 4 rings (SSSR count). The molecule has 1 aliphatic carbocycles. The van der Waals surface area contributed by atoms with E-state index in [0.717, 1.165) is 32.1 Å². The molecule has 1 aromatic rings. The zero-order valence-electron chi connectivity index (χ0n) is 18.6. The summed E-state index contributed by atoms with van der Waals surface area (Å²) in [4.78, 5) is 45.7. The maximum Gasteiger partial charge on any atom is 0.407 e. The second-order valence-corrected chi connectivity index (χ2v) is 10.0. The molecule has 3 fully saturated rings. The van der Waals surface area contributed by atoms with Gasteiger partial charge in [-0.25, -0.2) is 9.78 Å². The molecule has 9 heteroatoms. The van der Waals surface area contributed by atoms with Crippen molar-refractivity contribution in [3.05, 3.63) is 18.4 Å². The Morgan fingerprint density at radius 3 is 2.65 bits per heavy atom. The molecule has 1 saturated carbocycles. The highest BCUT2D eigenvalue weighted by Crippen LogP contribution is 2.41. The van der Waals surface area contributed by atoms with Crippen LogP contribution in [0.1, 0.15) is 69.9 Å². The maximum absolute atomic E-state index is 13.2. The minimum absolute atomic E-state index is 0.0353. The maximum atomic E-state index is 13.2. The molecule has 170 valence electrons. The van der Waals surface area contributed by atoms with Crippen molar-refractivity contribution in [2.75, 3.05) is 19.6 Å². The van der Waals surface area contributed by atoms with Gasteiger partial charge in [-0.15, -0.1) is 0 Å². The summed E-state index contributed by atoms with van der Waals surface area (Å²) in [5.41, 5.74) is -0.892. The van der Waals surface area contributed by atoms with Crippen molar-refractivity contribution in [1.82, 2.24) is 20.1 Å². The summed E-state index contributed by atoms with van der Waals surface area (Å²) < 4.78 is 10.5. The molecule has 9 nitrogen and oxygen atoms in total. The number of hydrogen-bond donors (Lipinski definition) is 1. The standard InChI is InChI=1S/C22H32N4O5/c1-21(2,3)31-20(29)24-16(15-5-6-15)11-18(27)26-10-8-22(26)7-4-9-25(13-22)19(28)17-12-23-14-30-17/h12,14-16H,4-11,13H2,1-3H3,(H,24,29). The Morgan fingerprint density at radius 1 is 1.29 bits per heavy atom. The van der Waals surface area contributed by atoms with Crippen molar-refractivity contribution >= 4 is 17.9 Å². The fourth-order valence-electron chi connectivity index (χ4n) is 4.71. The first-order valence-corrected chi connectivity index (χ1v) is 11.1. The monoisotopic (exact) mass is 432 g/mol. The molecule has 31 heavy (non-hydrogen) atoms. The zero-order valence-corrected chi connectivity index (χ0v) is 18.6. The Balaban J connectivity index is 1.38. The average molecular weight is 433 g/mol. The average Bonchev–Trinajstić information content (AvgIpc) is 3.39. The summed E-state index contributed by atoms with van der Waals surface area (Å²) >= 11 is 0. The molecule has 0 aromatic carbocycles. The van der Waals surface area contributed by atoms with Crippen LogP contribution >= 0.6 is 0 Å². The SMILES string of the molecule is CC(C)(C)OC(=O)NC(CC(=O)N1CCC12CCCN(C(=O)c1cnco1)C2)C1CC1. The number of piperidine rings is 1. The predicted octanol–water partition coefficient (Wildman–Crippen LogP) is 2.58. The van der Waals surface area contributed by atoms with Gasteiger partial charge in [-0.3, -0.25) is 9.59 Å². The van der Waals surface area contributed by atoms with Crippen LogP contribution in [0.25, 0.3) is 0 Å². The van der Waals surface area contributed by atoms with E-state index in [9.17, 15) is 14.4 Å². The lowest BCUT2D eigenvalue weighted by molar-refractivity contribution is -0.152. The van der Waals surface area contributed by atoms with Crippen LogP contribution in [0, 0.1) is 5.92 Å². The normalized spacial score (nSPS) is 24.5. The van der Waals surface area contributed by atoms with E-state index in [1.165, 1.54) is 12.6 Å². The molecule has 1 N–H and O–H groups in total. The summed E-state index contributed by atoms with van der Waals surface area (Å²) in [6.07, 6.45) is 7.10. The summed E-state index contributed by atoms with van der Waals surface area (Å²) in [5.74, 6) is 0.403. The summed E-state index contributed by atoms with van der Waals surface area (Å²) in [6, 6.07) is -0.212. The number of aromatic nitrogens is 1. The Hall–Kier alpha value is -2.58. The Morgan fingerprint density at radius 2 is 2.06 bits per heavy atom. The van der Waals surface area contributed by atoms with Gasteiger partial charge in [0.25, 0.3) is 5.91 Å². The number of nitrogens with one attached hydrogen (secondary N) is 1. The molecule has 3 amide bonds. The van der Waals surface area contributed by atoms with E-state index < -0.39 is 11.7 Å². The third-order valence-corrected chi connectivity index (χ3v) is 6.45. The third kappa shape index (κ3) is 4.85. The predicted molar refractivity (Wildman–Crippen MR) is 111 cm³/mol. The Kier molecular flexibility index (Phi) is 5.70. The van der Waals surface area contributed by atoms with Gasteiger partial charge in [0.05, 0.1) is 11.7 Å². The first-order valence-electron chi connectivity index (χ1n) is 11.1. The van der Waals surface area contributed by atoms with E-state index >= 15 is 0 Å². The van der Waals surface area contributed by atoms with Gasteiger partial charge in [-0.1, -0.05) is 0 Å². The van der Waals surface area contributed by atoms with Crippen molar-refractivity contribution in [3.63, 3.8) is 0 Å². The van der Waals surface area contributed by atoms with Gasteiger partial charge in [0.15, 0.2) is 6.39 Å². The molecular weight excluding hydrogens is 400 g/mol. The quantitative estimate of drug-likeness (QED) is 0.767. The van der Waals surface area contributed by atoms with E-state index in [1.807, 2.05) is 25.7 Å². The first-order chi connectivity index (χ1) is 14.7. The van der Waals surface area contributed by atoms with Crippen molar-refractivity contribution in [2.24, 2.45) is 5.92 Å². The highest BCUT2D eigenvalue weighted by molar-refractivity contribution is 5.91. The van der Waals surface area contributed by atoms with Gasteiger partial charge >= 0.3 is 6.09 Å². The Bertz CT molecular complexity index is 829. The van der Waals surface area contributed by atoms with Crippen LogP contribution < -0.4 is 5.32 Å². The van der Waals surface area contributed by atoms with Crippen LogP contribution in [0.3, 0.4) is 0 Å². The number of rotatable bonds is 5. The largest absolute Gasteiger partial charge is 0.444 e. The molecular formula is C22H32N4O5. The zero-order chi connectivity index (χ0) is 22.2. The van der Waals surface area contributed by atoms with E-state index in [0.29, 0.717) is 25.6 Å². The van der Waals surface area contributed by atoms with Crippen molar-refractivity contribution < 1.29 is 23.5 Å². The Labute approximate surface area is 182 Å². The van der Waals surface area contributed by atoms with Gasteiger partial charge in [0.2, 0.25) is 11.7 Å². The fraction of sp³-hybridized carbons (Fsp3) is 0.727. The minimum Gasteiger partial charge on any atom is -0.444 e. The van der Waals surface area contributed by atoms with Crippen LogP contribution in [-0.4, -0.2) is 69.5 Å². The third-order valence-electron chi connectivity index (χ3n) is 6.45. The molecule has 0 bridgehead atoms. The van der Waals surface area contributed by atoms with E-state index in [-0.39, 0.29) is 35.6 Å². The molecule has 3 aliphatic rings. The number of hydrogen-bond acceptors (Lipinski definition) is 6. The van der Waals surface area contributed by atoms with E-state index in [2.05, 4.69) is 10.3 Å². The van der Waals surface area contributed by atoms with Crippen molar-refractivity contribution in [3.8, 4) is 0 Å².